The number of rotatable bonds is 2. The molecule has 0 saturated heterocycles. The minimum absolute atomic E-state index is 0.124. The summed E-state index contributed by atoms with van der Waals surface area (Å²) in [5, 5.41) is 19.1. The average Bonchev–Trinajstić information content (AvgIpc) is 3.04. The number of hydrogen-bond acceptors (Lipinski definition) is 4. The maximum absolute atomic E-state index is 12.6. The number of amides is 1. The van der Waals surface area contributed by atoms with Gasteiger partial charge in [-0.1, -0.05) is 6.08 Å². The molecule has 2 aromatic heterocycles. The van der Waals surface area contributed by atoms with Crippen LogP contribution in [0.4, 0.5) is 0 Å². The van der Waals surface area contributed by atoms with Crippen LogP contribution in [0.25, 0.3) is 16.6 Å². The van der Waals surface area contributed by atoms with Crippen LogP contribution >= 0.6 is 0 Å². The molecule has 0 bridgehead atoms. The van der Waals surface area contributed by atoms with E-state index in [2.05, 4.69) is 9.97 Å². The van der Waals surface area contributed by atoms with Crippen molar-refractivity contribution in [3.8, 4) is 11.5 Å². The molecule has 25 heavy (non-hydrogen) atoms. The van der Waals surface area contributed by atoms with Crippen molar-refractivity contribution >= 4 is 22.5 Å². The Morgan fingerprint density at radius 3 is 2.72 bits per heavy atom. The van der Waals surface area contributed by atoms with Crippen LogP contribution in [0.3, 0.4) is 0 Å². The molecule has 3 N–H and O–H groups in total. The van der Waals surface area contributed by atoms with Crippen LogP contribution < -0.4 is 0 Å². The molecule has 0 radical (unpaired) electrons. The number of phenolic OH excluding ortho intramolecular Hbond substituents is 2. The van der Waals surface area contributed by atoms with Gasteiger partial charge in [0.15, 0.2) is 0 Å². The second kappa shape index (κ2) is 5.98. The van der Waals surface area contributed by atoms with E-state index in [1.165, 1.54) is 18.2 Å². The van der Waals surface area contributed by atoms with Crippen molar-refractivity contribution in [2.75, 3.05) is 13.1 Å². The van der Waals surface area contributed by atoms with Crippen LogP contribution in [-0.4, -0.2) is 44.1 Å². The first-order valence-electron chi connectivity index (χ1n) is 8.05. The Hall–Kier alpha value is -3.28. The summed E-state index contributed by atoms with van der Waals surface area (Å²) in [6.07, 6.45) is 6.48. The zero-order valence-corrected chi connectivity index (χ0v) is 13.4. The van der Waals surface area contributed by atoms with E-state index in [4.69, 9.17) is 0 Å². The van der Waals surface area contributed by atoms with Crippen LogP contribution in [0, 0.1) is 0 Å². The van der Waals surface area contributed by atoms with Gasteiger partial charge in [0.1, 0.15) is 11.5 Å². The lowest BCUT2D eigenvalue weighted by atomic mass is 10.0. The molecule has 3 aromatic rings. The van der Waals surface area contributed by atoms with Gasteiger partial charge in [-0.3, -0.25) is 9.78 Å². The molecule has 1 amide bonds. The van der Waals surface area contributed by atoms with Gasteiger partial charge in [-0.15, -0.1) is 0 Å². The van der Waals surface area contributed by atoms with E-state index >= 15 is 0 Å². The Bertz CT molecular complexity index is 970. The topological polar surface area (TPSA) is 89.5 Å². The maximum Gasteiger partial charge on any atom is 0.254 e. The molecule has 0 unspecified atom stereocenters. The zero-order valence-electron chi connectivity index (χ0n) is 13.4. The second-order valence-electron chi connectivity index (χ2n) is 6.07. The molecule has 0 spiro atoms. The van der Waals surface area contributed by atoms with E-state index in [0.29, 0.717) is 13.1 Å². The van der Waals surface area contributed by atoms with Crippen molar-refractivity contribution in [3.05, 3.63) is 59.9 Å². The number of benzene rings is 1. The highest BCUT2D eigenvalue weighted by Gasteiger charge is 2.21. The number of nitrogens with one attached hydrogen (secondary N) is 1. The Balaban J connectivity index is 1.56. The van der Waals surface area contributed by atoms with E-state index in [1.54, 1.807) is 11.1 Å². The lowest BCUT2D eigenvalue weighted by molar-refractivity contribution is 0.0772. The molecule has 4 rings (SSSR count). The summed E-state index contributed by atoms with van der Waals surface area (Å²) in [7, 11) is 0. The van der Waals surface area contributed by atoms with Gasteiger partial charge in [-0.05, 0) is 36.3 Å². The van der Waals surface area contributed by atoms with Crippen LogP contribution in [-0.2, 0) is 0 Å². The van der Waals surface area contributed by atoms with E-state index in [0.717, 1.165) is 28.6 Å². The standard InChI is InChI=1S/C19H17N3O3/c23-14-8-13(9-15(24)10-14)19(25)22-6-3-12(4-7-22)16-11-21-17-2-1-5-20-18(16)17/h1-3,5,8-11,21,23-24H,4,6-7H2. The molecule has 126 valence electrons. The first kappa shape index (κ1) is 15.3. The normalized spacial score (nSPS) is 14.6. The zero-order chi connectivity index (χ0) is 17.4. The van der Waals surface area contributed by atoms with Gasteiger partial charge >= 0.3 is 0 Å². The van der Waals surface area contributed by atoms with Crippen molar-refractivity contribution in [1.82, 2.24) is 14.9 Å². The van der Waals surface area contributed by atoms with Gasteiger partial charge in [-0.25, -0.2) is 0 Å². The number of aromatic amines is 1. The van der Waals surface area contributed by atoms with Crippen LogP contribution in [0.15, 0.2) is 48.8 Å². The van der Waals surface area contributed by atoms with Crippen LogP contribution in [0.5, 0.6) is 11.5 Å². The fourth-order valence-corrected chi connectivity index (χ4v) is 3.20. The third-order valence-electron chi connectivity index (χ3n) is 4.43. The number of nitrogens with zero attached hydrogens (tertiary/aromatic N) is 2. The molecular weight excluding hydrogens is 318 g/mol. The molecule has 0 atom stereocenters. The Morgan fingerprint density at radius 1 is 1.20 bits per heavy atom. The van der Waals surface area contributed by atoms with E-state index in [1.807, 2.05) is 24.4 Å². The van der Waals surface area contributed by atoms with Gasteiger partial charge in [-0.2, -0.15) is 0 Å². The second-order valence-corrected chi connectivity index (χ2v) is 6.07. The molecule has 1 aromatic carbocycles. The third kappa shape index (κ3) is 2.82. The molecule has 0 fully saturated rings. The van der Waals surface area contributed by atoms with Crippen molar-refractivity contribution < 1.29 is 15.0 Å². The minimum atomic E-state index is -0.210. The highest BCUT2D eigenvalue weighted by Crippen LogP contribution is 2.29. The number of aromatic nitrogens is 2. The number of pyridine rings is 1. The summed E-state index contributed by atoms with van der Waals surface area (Å²) in [5.41, 5.74) is 4.44. The average molecular weight is 335 g/mol. The Labute approximate surface area is 144 Å². The number of hydrogen-bond donors (Lipinski definition) is 3. The molecule has 1 aliphatic rings. The first-order valence-corrected chi connectivity index (χ1v) is 8.05. The number of carbonyl (C=O) groups is 1. The maximum atomic E-state index is 12.6. The molecule has 6 heteroatoms. The highest BCUT2D eigenvalue weighted by molar-refractivity contribution is 5.96. The summed E-state index contributed by atoms with van der Waals surface area (Å²) in [6.45, 7) is 1.05. The van der Waals surface area contributed by atoms with E-state index < -0.39 is 0 Å². The van der Waals surface area contributed by atoms with Crippen molar-refractivity contribution in [3.63, 3.8) is 0 Å². The van der Waals surface area contributed by atoms with Gasteiger partial charge in [0.05, 0.1) is 11.0 Å². The number of H-pyrrole nitrogens is 1. The van der Waals surface area contributed by atoms with Crippen molar-refractivity contribution in [2.24, 2.45) is 0 Å². The number of phenols is 2. The summed E-state index contributed by atoms with van der Waals surface area (Å²) >= 11 is 0. The fraction of sp³-hybridized carbons (Fsp3) is 0.158. The summed E-state index contributed by atoms with van der Waals surface area (Å²) < 4.78 is 0. The SMILES string of the molecule is O=C(c1cc(O)cc(O)c1)N1CC=C(c2c[nH]c3cccnc23)CC1. The molecule has 6 nitrogen and oxygen atoms in total. The summed E-state index contributed by atoms with van der Waals surface area (Å²) in [4.78, 5) is 21.9. The molecule has 3 heterocycles. The molecular formula is C19H17N3O3. The predicted octanol–water partition coefficient (Wildman–Crippen LogP) is 2.90. The van der Waals surface area contributed by atoms with Crippen molar-refractivity contribution in [1.29, 1.82) is 0 Å². The van der Waals surface area contributed by atoms with Gasteiger partial charge in [0.25, 0.3) is 5.91 Å². The lowest BCUT2D eigenvalue weighted by Gasteiger charge is -2.26. The van der Waals surface area contributed by atoms with Gasteiger partial charge < -0.3 is 20.1 Å². The van der Waals surface area contributed by atoms with E-state index in [-0.39, 0.29) is 23.0 Å². The first-order chi connectivity index (χ1) is 12.1. The van der Waals surface area contributed by atoms with Crippen LogP contribution in [0.2, 0.25) is 0 Å². The monoisotopic (exact) mass is 335 g/mol. The highest BCUT2D eigenvalue weighted by atomic mass is 16.3. The minimum Gasteiger partial charge on any atom is -0.508 e. The smallest absolute Gasteiger partial charge is 0.254 e. The Kier molecular flexibility index (Phi) is 3.65. The summed E-state index contributed by atoms with van der Waals surface area (Å²) in [6, 6.07) is 7.81. The number of fused-ring (bicyclic) bond motifs is 1. The Morgan fingerprint density at radius 2 is 2.00 bits per heavy atom. The fourth-order valence-electron chi connectivity index (χ4n) is 3.20. The van der Waals surface area contributed by atoms with Crippen molar-refractivity contribution in [2.45, 2.75) is 6.42 Å². The quantitative estimate of drug-likeness (QED) is 0.672. The van der Waals surface area contributed by atoms with Crippen LogP contribution in [0.1, 0.15) is 22.3 Å². The van der Waals surface area contributed by atoms with Gasteiger partial charge in [0.2, 0.25) is 0 Å². The third-order valence-corrected chi connectivity index (χ3v) is 4.43. The predicted molar refractivity (Wildman–Crippen MR) is 94.4 cm³/mol. The number of carbonyl (C=O) groups excluding carboxylic acids is 1. The molecule has 0 aliphatic carbocycles. The van der Waals surface area contributed by atoms with E-state index in [9.17, 15) is 15.0 Å². The summed E-state index contributed by atoms with van der Waals surface area (Å²) in [5.74, 6) is -0.457. The molecule has 1 aliphatic heterocycles. The number of aromatic hydroxyl groups is 2. The lowest BCUT2D eigenvalue weighted by Crippen LogP contribution is -2.34. The molecule has 0 saturated carbocycles. The van der Waals surface area contributed by atoms with Gasteiger partial charge in [0, 0.05) is 42.7 Å². The largest absolute Gasteiger partial charge is 0.508 e.